The van der Waals surface area contributed by atoms with Gasteiger partial charge in [0.2, 0.25) is 0 Å². The van der Waals surface area contributed by atoms with Crippen LogP contribution >= 0.6 is 0 Å². The first kappa shape index (κ1) is 15.9. The maximum absolute atomic E-state index is 13.0. The van der Waals surface area contributed by atoms with E-state index in [0.717, 1.165) is 5.69 Å². The lowest BCUT2D eigenvalue weighted by Gasteiger charge is -2.12. The fraction of sp³-hybridized carbons (Fsp3) is 0.176. The van der Waals surface area contributed by atoms with E-state index < -0.39 is 11.9 Å². The number of hydrogen-bond acceptors (Lipinski definition) is 4. The smallest absolute Gasteiger partial charge is 0.272 e. The Labute approximate surface area is 137 Å². The molecular formula is C17H16FN3O3. The van der Waals surface area contributed by atoms with Gasteiger partial charge in [0, 0.05) is 5.69 Å². The van der Waals surface area contributed by atoms with Gasteiger partial charge in [0.1, 0.15) is 17.6 Å². The molecular weight excluding hydrogens is 313 g/mol. The standard InChI is InChI=1S/C17H16FN3O3/c1-11-9-14(20-21(11)13-6-4-12(18)5-7-13)17(23)19-15(10-22)16-3-2-8-24-16/h2-9,15,22H,10H2,1H3,(H,19,23). The summed E-state index contributed by atoms with van der Waals surface area (Å²) in [6.07, 6.45) is 1.47. The minimum Gasteiger partial charge on any atom is -0.467 e. The zero-order valence-electron chi connectivity index (χ0n) is 12.9. The van der Waals surface area contributed by atoms with Gasteiger partial charge in [-0.2, -0.15) is 5.10 Å². The first-order valence-electron chi connectivity index (χ1n) is 7.36. The zero-order valence-corrected chi connectivity index (χ0v) is 12.9. The Morgan fingerprint density at radius 3 is 2.75 bits per heavy atom. The first-order chi connectivity index (χ1) is 11.6. The zero-order chi connectivity index (χ0) is 17.1. The van der Waals surface area contributed by atoms with Crippen LogP contribution in [0.4, 0.5) is 4.39 Å². The van der Waals surface area contributed by atoms with E-state index in [1.165, 1.54) is 18.4 Å². The van der Waals surface area contributed by atoms with Crippen molar-refractivity contribution in [1.29, 1.82) is 0 Å². The molecule has 1 amide bonds. The topological polar surface area (TPSA) is 80.3 Å². The Hall–Kier alpha value is -2.93. The van der Waals surface area contributed by atoms with Crippen LogP contribution in [0.15, 0.2) is 53.1 Å². The second-order valence-electron chi connectivity index (χ2n) is 5.28. The number of halogens is 1. The number of benzene rings is 1. The summed E-state index contributed by atoms with van der Waals surface area (Å²) in [6.45, 7) is 1.50. The van der Waals surface area contributed by atoms with E-state index in [0.29, 0.717) is 11.4 Å². The summed E-state index contributed by atoms with van der Waals surface area (Å²) in [5, 5.41) is 16.3. The summed E-state index contributed by atoms with van der Waals surface area (Å²) in [5.74, 6) is -0.319. The van der Waals surface area contributed by atoms with Crippen molar-refractivity contribution in [2.24, 2.45) is 0 Å². The average Bonchev–Trinajstić information content (AvgIpc) is 3.23. The van der Waals surface area contributed by atoms with E-state index in [1.807, 2.05) is 0 Å². The Morgan fingerprint density at radius 1 is 1.38 bits per heavy atom. The fourth-order valence-corrected chi connectivity index (χ4v) is 2.36. The molecule has 7 heteroatoms. The van der Waals surface area contributed by atoms with E-state index in [-0.39, 0.29) is 18.1 Å². The van der Waals surface area contributed by atoms with E-state index in [2.05, 4.69) is 10.4 Å². The molecule has 0 bridgehead atoms. The van der Waals surface area contributed by atoms with Crippen LogP contribution in [0.25, 0.3) is 5.69 Å². The molecule has 0 aliphatic heterocycles. The lowest BCUT2D eigenvalue weighted by atomic mass is 10.2. The normalized spacial score (nSPS) is 12.1. The minimum atomic E-state index is -0.649. The van der Waals surface area contributed by atoms with Crippen molar-refractivity contribution in [2.45, 2.75) is 13.0 Å². The molecule has 0 saturated carbocycles. The van der Waals surface area contributed by atoms with Crippen LogP contribution in [0.3, 0.4) is 0 Å². The molecule has 0 saturated heterocycles. The van der Waals surface area contributed by atoms with Crippen LogP contribution in [0.1, 0.15) is 28.0 Å². The van der Waals surface area contributed by atoms with Crippen molar-refractivity contribution < 1.29 is 18.7 Å². The predicted molar refractivity (Wildman–Crippen MR) is 84.3 cm³/mol. The fourth-order valence-electron chi connectivity index (χ4n) is 2.36. The summed E-state index contributed by atoms with van der Waals surface area (Å²) in [6, 6.07) is 10.1. The van der Waals surface area contributed by atoms with E-state index in [1.54, 1.807) is 41.9 Å². The Balaban J connectivity index is 1.81. The number of nitrogens with zero attached hydrogens (tertiary/aromatic N) is 2. The molecule has 3 aromatic rings. The number of hydrogen-bond donors (Lipinski definition) is 2. The quantitative estimate of drug-likeness (QED) is 0.753. The van der Waals surface area contributed by atoms with E-state index >= 15 is 0 Å². The molecule has 2 aromatic heterocycles. The van der Waals surface area contributed by atoms with Gasteiger partial charge in [0.25, 0.3) is 5.91 Å². The number of carbonyl (C=O) groups excluding carboxylic acids is 1. The molecule has 0 aliphatic rings. The van der Waals surface area contributed by atoms with Crippen molar-refractivity contribution in [3.05, 3.63) is 71.7 Å². The van der Waals surface area contributed by atoms with Gasteiger partial charge < -0.3 is 14.8 Å². The molecule has 24 heavy (non-hydrogen) atoms. The third kappa shape index (κ3) is 3.21. The van der Waals surface area contributed by atoms with Crippen molar-refractivity contribution in [2.75, 3.05) is 6.61 Å². The van der Waals surface area contributed by atoms with Gasteiger partial charge in [-0.15, -0.1) is 0 Å². The van der Waals surface area contributed by atoms with Crippen LogP contribution < -0.4 is 5.32 Å². The van der Waals surface area contributed by atoms with E-state index in [9.17, 15) is 14.3 Å². The maximum atomic E-state index is 13.0. The number of nitrogens with one attached hydrogen (secondary N) is 1. The van der Waals surface area contributed by atoms with Crippen LogP contribution in [0, 0.1) is 12.7 Å². The molecule has 6 nitrogen and oxygen atoms in total. The maximum Gasteiger partial charge on any atom is 0.272 e. The van der Waals surface area contributed by atoms with Gasteiger partial charge in [-0.3, -0.25) is 4.79 Å². The molecule has 1 aromatic carbocycles. The van der Waals surface area contributed by atoms with Gasteiger partial charge in [0.15, 0.2) is 5.69 Å². The third-order valence-corrected chi connectivity index (χ3v) is 3.57. The molecule has 0 radical (unpaired) electrons. The van der Waals surface area contributed by atoms with Crippen molar-refractivity contribution in [3.8, 4) is 5.69 Å². The van der Waals surface area contributed by atoms with Gasteiger partial charge in [-0.1, -0.05) is 0 Å². The Bertz CT molecular complexity index is 825. The van der Waals surface area contributed by atoms with Gasteiger partial charge >= 0.3 is 0 Å². The summed E-state index contributed by atoms with van der Waals surface area (Å²) >= 11 is 0. The predicted octanol–water partition coefficient (Wildman–Crippen LogP) is 2.38. The number of furan rings is 1. The third-order valence-electron chi connectivity index (χ3n) is 3.57. The lowest BCUT2D eigenvalue weighted by Crippen LogP contribution is -2.30. The summed E-state index contributed by atoms with van der Waals surface area (Å²) in [5.41, 5.74) is 1.57. The van der Waals surface area contributed by atoms with Crippen LogP contribution in [0.2, 0.25) is 0 Å². The van der Waals surface area contributed by atoms with Crippen LogP contribution in [0.5, 0.6) is 0 Å². The molecule has 3 rings (SSSR count). The second kappa shape index (κ2) is 6.67. The highest BCUT2D eigenvalue weighted by Gasteiger charge is 2.20. The summed E-state index contributed by atoms with van der Waals surface area (Å²) < 4.78 is 19.8. The van der Waals surface area contributed by atoms with Gasteiger partial charge in [-0.25, -0.2) is 9.07 Å². The number of amides is 1. The monoisotopic (exact) mass is 329 g/mol. The average molecular weight is 329 g/mol. The number of carbonyl (C=O) groups is 1. The first-order valence-corrected chi connectivity index (χ1v) is 7.36. The largest absolute Gasteiger partial charge is 0.467 e. The lowest BCUT2D eigenvalue weighted by molar-refractivity contribution is 0.0902. The number of aromatic nitrogens is 2. The highest BCUT2D eigenvalue weighted by Crippen LogP contribution is 2.16. The SMILES string of the molecule is Cc1cc(C(=O)NC(CO)c2ccco2)nn1-c1ccc(F)cc1. The van der Waals surface area contributed by atoms with Crippen molar-refractivity contribution in [3.63, 3.8) is 0 Å². The highest BCUT2D eigenvalue weighted by molar-refractivity contribution is 5.92. The second-order valence-corrected chi connectivity index (χ2v) is 5.28. The molecule has 1 unspecified atom stereocenters. The molecule has 1 atom stereocenters. The number of rotatable bonds is 5. The Morgan fingerprint density at radius 2 is 2.12 bits per heavy atom. The van der Waals surface area contributed by atoms with Crippen LogP contribution in [-0.4, -0.2) is 27.4 Å². The number of aryl methyl sites for hydroxylation is 1. The van der Waals surface area contributed by atoms with Crippen LogP contribution in [-0.2, 0) is 0 Å². The molecule has 2 N–H and O–H groups in total. The number of aliphatic hydroxyl groups excluding tert-OH is 1. The Kier molecular flexibility index (Phi) is 4.43. The molecule has 0 spiro atoms. The summed E-state index contributed by atoms with van der Waals surface area (Å²) in [4.78, 5) is 12.4. The van der Waals surface area contributed by atoms with Gasteiger partial charge in [-0.05, 0) is 49.4 Å². The van der Waals surface area contributed by atoms with Crippen molar-refractivity contribution >= 4 is 5.91 Å². The van der Waals surface area contributed by atoms with E-state index in [4.69, 9.17) is 4.42 Å². The van der Waals surface area contributed by atoms with Gasteiger partial charge in [0.05, 0.1) is 18.6 Å². The minimum absolute atomic E-state index is 0.196. The molecule has 0 fully saturated rings. The highest BCUT2D eigenvalue weighted by atomic mass is 19.1. The number of aliphatic hydroxyl groups is 1. The molecule has 2 heterocycles. The van der Waals surface area contributed by atoms with Crippen molar-refractivity contribution in [1.82, 2.24) is 15.1 Å². The molecule has 0 aliphatic carbocycles. The summed E-state index contributed by atoms with van der Waals surface area (Å²) in [7, 11) is 0. The molecule has 124 valence electrons.